The third kappa shape index (κ3) is 10.8. The van der Waals surface area contributed by atoms with E-state index in [1.807, 2.05) is 0 Å². The van der Waals surface area contributed by atoms with Gasteiger partial charge in [0.2, 0.25) is 0 Å². The molecule has 7 rings (SSSR count). The van der Waals surface area contributed by atoms with E-state index in [2.05, 4.69) is 212 Å². The van der Waals surface area contributed by atoms with Crippen LogP contribution in [0.15, 0.2) is 212 Å². The van der Waals surface area contributed by atoms with E-state index < -0.39 is 0 Å². The molecule has 0 aliphatic rings. The van der Waals surface area contributed by atoms with Crippen LogP contribution in [0.25, 0.3) is 0 Å². The molecule has 2 atom stereocenters. The van der Waals surface area contributed by atoms with Crippen molar-refractivity contribution in [3.8, 4) is 0 Å². The fourth-order valence-electron chi connectivity index (χ4n) is 9.03. The van der Waals surface area contributed by atoms with Crippen molar-refractivity contribution in [2.75, 3.05) is 12.3 Å². The van der Waals surface area contributed by atoms with Crippen molar-refractivity contribution >= 4 is 17.2 Å². The summed E-state index contributed by atoms with van der Waals surface area (Å²) in [7, 11) is 1.95. The molecule has 296 valence electrons. The quantitative estimate of drug-likeness (QED) is 0.0292. The number of benzene rings is 7. The maximum absolute atomic E-state index is 2.38. The summed E-state index contributed by atoms with van der Waals surface area (Å²) in [5.41, 5.74) is 9.58. The van der Waals surface area contributed by atoms with E-state index in [1.54, 1.807) is 5.56 Å². The van der Waals surface area contributed by atoms with Gasteiger partial charge in [-0.25, -0.2) is 0 Å². The summed E-state index contributed by atoms with van der Waals surface area (Å²) in [6.07, 6.45) is 12.4. The largest absolute Gasteiger partial charge is 0.110 e. The van der Waals surface area contributed by atoms with Gasteiger partial charge in [0.25, 0.3) is 0 Å². The topological polar surface area (TPSA) is 0 Å². The van der Waals surface area contributed by atoms with Crippen molar-refractivity contribution in [3.63, 3.8) is 0 Å². The number of hydrogen-bond acceptors (Lipinski definition) is 0. The molecule has 7 aromatic rings. The van der Waals surface area contributed by atoms with Gasteiger partial charge < -0.3 is 0 Å². The fraction of sp³-hybridized carbons (Fsp3) is 0.236. The molecule has 0 nitrogen and oxygen atoms in total. The summed E-state index contributed by atoms with van der Waals surface area (Å²) in [6, 6.07) is 78.7. The molecule has 0 radical (unpaired) electrons. The van der Waals surface area contributed by atoms with Crippen molar-refractivity contribution in [2.24, 2.45) is 0 Å². The zero-order valence-electron chi connectivity index (χ0n) is 33.7. The Morgan fingerprint density at radius 3 is 0.793 bits per heavy atom. The minimum Gasteiger partial charge on any atom is -0.110 e. The molecular weight excluding hydrogens is 824 g/mol. The summed E-state index contributed by atoms with van der Waals surface area (Å²) in [4.78, 5) is 0. The molecule has 0 aromatic heterocycles. The monoisotopic (exact) mass is 882 g/mol. The molecule has 0 amide bonds. The van der Waals surface area contributed by atoms with Gasteiger partial charge in [0.15, 0.2) is 0 Å². The molecule has 0 fully saturated rings. The van der Waals surface area contributed by atoms with Gasteiger partial charge in [-0.05, 0) is 77.0 Å². The van der Waals surface area contributed by atoms with E-state index in [9.17, 15) is 0 Å². The van der Waals surface area contributed by atoms with Crippen molar-refractivity contribution in [1.29, 1.82) is 0 Å². The van der Waals surface area contributed by atoms with Crippen LogP contribution < -0.4 is 0 Å². The van der Waals surface area contributed by atoms with E-state index >= 15 is 0 Å². The number of rotatable bonds is 21. The van der Waals surface area contributed by atoms with Gasteiger partial charge in [-0.1, -0.05) is 238 Å². The Balaban J connectivity index is 0.00000567. The van der Waals surface area contributed by atoms with Gasteiger partial charge in [0.05, 0.1) is 0 Å². The minimum absolute atomic E-state index is 0. The first-order chi connectivity index (χ1) is 28.3. The average molecular weight is 882 g/mol. The standard InChI is InChI=1S/C55H58P2.Ru/c1-10-28-46(29-11-1)53(56-44-26-8-24-42-54(47-30-12-2-13-31-47,48-32-14-3-15-33-48)49-34-16-4-17-35-49)57-45-27-9-25-43-55(50-36-18-5-19-37-50,51-38-20-6-21-39-51)52-40-22-7-23-41-52;/h1-7,10-23,28-41,53,56-57H,8-9,24-27,42-45H2;. The SMILES string of the molecule is [Ru].c1ccc(C(PCCCCCC(c2ccccc2)(c2ccccc2)c2ccccc2)PCCCCCC(c2ccccc2)(c2ccccc2)c2ccccc2)cc1. The molecule has 0 saturated heterocycles. The summed E-state index contributed by atoms with van der Waals surface area (Å²) in [5, 5.41) is 0.681. The first kappa shape index (κ1) is 43.6. The summed E-state index contributed by atoms with van der Waals surface area (Å²) in [5.74, 6) is 0. The molecule has 7 aromatic carbocycles. The molecule has 0 aliphatic heterocycles. The first-order valence-corrected chi connectivity index (χ1v) is 23.7. The second-order valence-electron chi connectivity index (χ2n) is 15.4. The smallest absolute Gasteiger partial charge is 0.0451 e. The number of unbranched alkanes of at least 4 members (excludes halogenated alkanes) is 4. The normalized spacial score (nSPS) is 12.5. The number of hydrogen-bond donors (Lipinski definition) is 0. The van der Waals surface area contributed by atoms with Crippen molar-refractivity contribution < 1.29 is 19.5 Å². The molecular formula is C55H58P2Ru. The van der Waals surface area contributed by atoms with E-state index in [1.165, 1.54) is 84.2 Å². The zero-order chi connectivity index (χ0) is 38.9. The van der Waals surface area contributed by atoms with Crippen molar-refractivity contribution in [1.82, 2.24) is 0 Å². The Labute approximate surface area is 365 Å². The Kier molecular flexibility index (Phi) is 17.3. The predicted octanol–water partition coefficient (Wildman–Crippen LogP) is 15.2. The van der Waals surface area contributed by atoms with Gasteiger partial charge in [-0.3, -0.25) is 0 Å². The minimum atomic E-state index is -0.150. The zero-order valence-corrected chi connectivity index (χ0v) is 37.4. The summed E-state index contributed by atoms with van der Waals surface area (Å²) < 4.78 is 0. The molecule has 0 aliphatic carbocycles. The van der Waals surface area contributed by atoms with Crippen LogP contribution in [-0.4, -0.2) is 12.3 Å². The molecule has 0 N–H and O–H groups in total. The van der Waals surface area contributed by atoms with Gasteiger partial charge in [0.1, 0.15) is 0 Å². The van der Waals surface area contributed by atoms with Crippen LogP contribution in [0.2, 0.25) is 0 Å². The molecule has 0 saturated carbocycles. The van der Waals surface area contributed by atoms with E-state index in [-0.39, 0.29) is 30.3 Å². The van der Waals surface area contributed by atoms with Gasteiger partial charge in [0, 0.05) is 35.7 Å². The third-order valence-electron chi connectivity index (χ3n) is 11.9. The van der Waals surface area contributed by atoms with Crippen LogP contribution in [0.3, 0.4) is 0 Å². The maximum Gasteiger partial charge on any atom is 0.0451 e. The Hall–Kier alpha value is -3.98. The first-order valence-electron chi connectivity index (χ1n) is 21.2. The second kappa shape index (κ2) is 23.0. The van der Waals surface area contributed by atoms with Gasteiger partial charge >= 0.3 is 0 Å². The van der Waals surface area contributed by atoms with Crippen molar-refractivity contribution in [3.05, 3.63) is 251 Å². The summed E-state index contributed by atoms with van der Waals surface area (Å²) in [6.45, 7) is 0. The van der Waals surface area contributed by atoms with Crippen molar-refractivity contribution in [2.45, 2.75) is 67.6 Å². The predicted molar refractivity (Wildman–Crippen MR) is 251 cm³/mol. The molecule has 0 bridgehead atoms. The molecule has 0 heterocycles. The maximum atomic E-state index is 2.38. The fourth-order valence-corrected chi connectivity index (χ4v) is 12.8. The van der Waals surface area contributed by atoms with Crippen LogP contribution in [-0.2, 0) is 30.3 Å². The third-order valence-corrected chi connectivity index (χ3v) is 15.9. The molecule has 3 heteroatoms. The molecule has 58 heavy (non-hydrogen) atoms. The van der Waals surface area contributed by atoms with Crippen LogP contribution in [0, 0.1) is 0 Å². The molecule has 2 unspecified atom stereocenters. The van der Waals surface area contributed by atoms with Crippen LogP contribution in [0.5, 0.6) is 0 Å². The Bertz CT molecular complexity index is 1800. The molecule has 0 spiro atoms. The van der Waals surface area contributed by atoms with E-state index in [0.717, 1.165) is 30.0 Å². The van der Waals surface area contributed by atoms with E-state index in [4.69, 9.17) is 0 Å². The summed E-state index contributed by atoms with van der Waals surface area (Å²) >= 11 is 0. The Morgan fingerprint density at radius 1 is 0.293 bits per heavy atom. The second-order valence-corrected chi connectivity index (χ2v) is 18.9. The van der Waals surface area contributed by atoms with Crippen LogP contribution in [0.1, 0.15) is 95.7 Å². The Morgan fingerprint density at radius 2 is 0.534 bits per heavy atom. The van der Waals surface area contributed by atoms with Crippen LogP contribution >= 0.6 is 17.2 Å². The van der Waals surface area contributed by atoms with Crippen LogP contribution in [0.4, 0.5) is 0 Å². The van der Waals surface area contributed by atoms with E-state index in [0.29, 0.717) is 5.40 Å². The average Bonchev–Trinajstić information content (AvgIpc) is 3.30. The van der Waals surface area contributed by atoms with Gasteiger partial charge in [-0.2, -0.15) is 0 Å². The van der Waals surface area contributed by atoms with Gasteiger partial charge in [-0.15, -0.1) is 17.2 Å².